The van der Waals surface area contributed by atoms with E-state index in [9.17, 15) is 14.4 Å². The van der Waals surface area contributed by atoms with Crippen LogP contribution in [0, 0.1) is 0 Å². The maximum Gasteiger partial charge on any atom is 0.411 e. The molecule has 0 spiro atoms. The summed E-state index contributed by atoms with van der Waals surface area (Å²) in [5.74, 6) is -0.991. The van der Waals surface area contributed by atoms with Crippen LogP contribution in [0.2, 0.25) is 0 Å². The van der Waals surface area contributed by atoms with Gasteiger partial charge in [0.15, 0.2) is 0 Å². The molecule has 0 unspecified atom stereocenters. The van der Waals surface area contributed by atoms with E-state index in [1.54, 1.807) is 36.4 Å². The highest BCUT2D eigenvalue weighted by Crippen LogP contribution is 2.12. The number of rotatable bonds is 6. The van der Waals surface area contributed by atoms with E-state index in [1.165, 1.54) is 26.4 Å². The molecule has 8 heteroatoms. The standard InChI is InChI=1S/C19H21N3O5/c1-26-18(24)16(11-12-3-7-14(20)8-4-12)22-17(23)13-5-9-15(10-6-13)21-19(25)27-2/h3-10,16H,11,20H2,1-2H3,(H,21,25)(H,22,23)/t16-/m0/s1. The van der Waals surface area contributed by atoms with Crippen LogP contribution in [-0.4, -0.2) is 38.2 Å². The lowest BCUT2D eigenvalue weighted by atomic mass is 10.0. The summed E-state index contributed by atoms with van der Waals surface area (Å²) < 4.78 is 9.28. The molecular formula is C19H21N3O5. The molecule has 0 saturated heterocycles. The number of nitrogen functional groups attached to an aromatic ring is 1. The number of anilines is 2. The lowest BCUT2D eigenvalue weighted by Crippen LogP contribution is -2.43. The highest BCUT2D eigenvalue weighted by Gasteiger charge is 2.22. The summed E-state index contributed by atoms with van der Waals surface area (Å²) in [5.41, 5.74) is 7.90. The third kappa shape index (κ3) is 5.74. The molecule has 0 bridgehead atoms. The minimum absolute atomic E-state index is 0.265. The van der Waals surface area contributed by atoms with Gasteiger partial charge in [0.1, 0.15) is 6.04 Å². The fourth-order valence-electron chi connectivity index (χ4n) is 2.34. The molecule has 2 amide bonds. The zero-order chi connectivity index (χ0) is 19.8. The number of hydrogen-bond acceptors (Lipinski definition) is 6. The van der Waals surface area contributed by atoms with E-state index in [0.29, 0.717) is 16.9 Å². The van der Waals surface area contributed by atoms with Crippen molar-refractivity contribution in [3.8, 4) is 0 Å². The van der Waals surface area contributed by atoms with Gasteiger partial charge in [-0.15, -0.1) is 0 Å². The summed E-state index contributed by atoms with van der Waals surface area (Å²) in [6, 6.07) is 12.3. The number of amides is 2. The number of hydrogen-bond donors (Lipinski definition) is 3. The molecule has 0 heterocycles. The number of nitrogens with two attached hydrogens (primary N) is 1. The van der Waals surface area contributed by atoms with Crippen LogP contribution in [-0.2, 0) is 20.7 Å². The van der Waals surface area contributed by atoms with Crippen molar-refractivity contribution < 1.29 is 23.9 Å². The van der Waals surface area contributed by atoms with E-state index in [1.807, 2.05) is 0 Å². The van der Waals surface area contributed by atoms with Gasteiger partial charge in [0.05, 0.1) is 14.2 Å². The molecule has 2 rings (SSSR count). The second-order valence-corrected chi connectivity index (χ2v) is 5.69. The van der Waals surface area contributed by atoms with Crippen LogP contribution in [0.1, 0.15) is 15.9 Å². The van der Waals surface area contributed by atoms with Gasteiger partial charge in [-0.1, -0.05) is 12.1 Å². The Hall–Kier alpha value is -3.55. The third-order valence-corrected chi connectivity index (χ3v) is 3.79. The van der Waals surface area contributed by atoms with Crippen molar-refractivity contribution >= 4 is 29.3 Å². The van der Waals surface area contributed by atoms with Crippen molar-refractivity contribution in [3.05, 3.63) is 59.7 Å². The average molecular weight is 371 g/mol. The van der Waals surface area contributed by atoms with E-state index in [2.05, 4.69) is 15.4 Å². The molecule has 0 radical (unpaired) electrons. The summed E-state index contributed by atoms with van der Waals surface area (Å²) in [6.07, 6.45) is -0.345. The van der Waals surface area contributed by atoms with E-state index < -0.39 is 24.0 Å². The van der Waals surface area contributed by atoms with Crippen LogP contribution in [0.4, 0.5) is 16.2 Å². The molecule has 0 aliphatic carbocycles. The second-order valence-electron chi connectivity index (χ2n) is 5.69. The monoisotopic (exact) mass is 371 g/mol. The van der Waals surface area contributed by atoms with Gasteiger partial charge in [0.25, 0.3) is 5.91 Å². The van der Waals surface area contributed by atoms with E-state index in [-0.39, 0.29) is 6.42 Å². The van der Waals surface area contributed by atoms with Gasteiger partial charge in [-0.25, -0.2) is 9.59 Å². The number of ether oxygens (including phenoxy) is 2. The molecule has 0 aromatic heterocycles. The Labute approximate surface area is 156 Å². The molecular weight excluding hydrogens is 350 g/mol. The van der Waals surface area contributed by atoms with Gasteiger partial charge in [0.2, 0.25) is 0 Å². The highest BCUT2D eigenvalue weighted by atomic mass is 16.5. The topological polar surface area (TPSA) is 120 Å². The van der Waals surface area contributed by atoms with Crippen molar-refractivity contribution in [2.24, 2.45) is 0 Å². The van der Waals surface area contributed by atoms with E-state index >= 15 is 0 Å². The summed E-state index contributed by atoms with van der Waals surface area (Å²) in [4.78, 5) is 35.7. The minimum Gasteiger partial charge on any atom is -0.467 e. The Bertz CT molecular complexity index is 803. The maximum absolute atomic E-state index is 12.5. The number of methoxy groups -OCH3 is 2. The van der Waals surface area contributed by atoms with Gasteiger partial charge in [-0.2, -0.15) is 0 Å². The van der Waals surface area contributed by atoms with Gasteiger partial charge < -0.3 is 20.5 Å². The van der Waals surface area contributed by atoms with Crippen LogP contribution in [0.25, 0.3) is 0 Å². The summed E-state index contributed by atoms with van der Waals surface area (Å²) in [5, 5.41) is 5.15. The molecule has 142 valence electrons. The Morgan fingerprint density at radius 2 is 1.59 bits per heavy atom. The Kier molecular flexibility index (Phi) is 6.76. The molecule has 0 fully saturated rings. The van der Waals surface area contributed by atoms with Crippen molar-refractivity contribution in [3.63, 3.8) is 0 Å². The first-order valence-corrected chi connectivity index (χ1v) is 8.11. The maximum atomic E-state index is 12.5. The predicted molar refractivity (Wildman–Crippen MR) is 100 cm³/mol. The molecule has 1 atom stereocenters. The smallest absolute Gasteiger partial charge is 0.411 e. The quantitative estimate of drug-likeness (QED) is 0.527. The lowest BCUT2D eigenvalue weighted by Gasteiger charge is -2.17. The molecule has 2 aromatic carbocycles. The number of esters is 1. The summed E-state index contributed by atoms with van der Waals surface area (Å²) in [7, 11) is 2.52. The molecule has 0 aliphatic heterocycles. The lowest BCUT2D eigenvalue weighted by molar-refractivity contribution is -0.142. The number of carbonyl (C=O) groups is 3. The van der Waals surface area contributed by atoms with Crippen LogP contribution in [0.15, 0.2) is 48.5 Å². The van der Waals surface area contributed by atoms with E-state index in [4.69, 9.17) is 10.5 Å². The first-order valence-electron chi connectivity index (χ1n) is 8.11. The molecule has 27 heavy (non-hydrogen) atoms. The predicted octanol–water partition coefficient (Wildman–Crippen LogP) is 1.96. The number of nitrogens with one attached hydrogen (secondary N) is 2. The van der Waals surface area contributed by atoms with Gasteiger partial charge in [-0.05, 0) is 42.0 Å². The first-order chi connectivity index (χ1) is 12.9. The fraction of sp³-hybridized carbons (Fsp3) is 0.211. The van der Waals surface area contributed by atoms with Gasteiger partial charge in [-0.3, -0.25) is 10.1 Å². The van der Waals surface area contributed by atoms with Crippen LogP contribution >= 0.6 is 0 Å². The highest BCUT2D eigenvalue weighted by molar-refractivity contribution is 5.97. The van der Waals surface area contributed by atoms with Gasteiger partial charge in [0, 0.05) is 23.4 Å². The van der Waals surface area contributed by atoms with Gasteiger partial charge >= 0.3 is 12.1 Å². The molecule has 4 N–H and O–H groups in total. The second kappa shape index (κ2) is 9.23. The minimum atomic E-state index is -0.848. The summed E-state index contributed by atoms with van der Waals surface area (Å²) >= 11 is 0. The number of benzene rings is 2. The first kappa shape index (κ1) is 19.8. The fourth-order valence-corrected chi connectivity index (χ4v) is 2.34. The Morgan fingerprint density at radius 3 is 2.15 bits per heavy atom. The van der Waals surface area contributed by atoms with Crippen LogP contribution in [0.3, 0.4) is 0 Å². The number of carbonyl (C=O) groups excluding carboxylic acids is 3. The normalized spacial score (nSPS) is 11.2. The summed E-state index contributed by atoms with van der Waals surface area (Å²) in [6.45, 7) is 0. The van der Waals surface area contributed by atoms with Crippen LogP contribution < -0.4 is 16.4 Å². The van der Waals surface area contributed by atoms with E-state index in [0.717, 1.165) is 5.56 Å². The van der Waals surface area contributed by atoms with Crippen molar-refractivity contribution in [1.29, 1.82) is 0 Å². The van der Waals surface area contributed by atoms with Crippen molar-refractivity contribution in [2.45, 2.75) is 12.5 Å². The average Bonchev–Trinajstić information content (AvgIpc) is 2.68. The molecule has 0 aliphatic rings. The largest absolute Gasteiger partial charge is 0.467 e. The third-order valence-electron chi connectivity index (χ3n) is 3.79. The zero-order valence-electron chi connectivity index (χ0n) is 15.0. The SMILES string of the molecule is COC(=O)Nc1ccc(C(=O)N[C@@H](Cc2ccc(N)cc2)C(=O)OC)cc1. The Balaban J connectivity index is 2.07. The van der Waals surface area contributed by atoms with Crippen LogP contribution in [0.5, 0.6) is 0 Å². The molecule has 2 aromatic rings. The zero-order valence-corrected chi connectivity index (χ0v) is 15.0. The van der Waals surface area contributed by atoms with Crippen molar-refractivity contribution in [2.75, 3.05) is 25.3 Å². The molecule has 8 nitrogen and oxygen atoms in total. The molecule has 0 saturated carbocycles. The Morgan fingerprint density at radius 1 is 0.963 bits per heavy atom. The van der Waals surface area contributed by atoms with Crippen molar-refractivity contribution in [1.82, 2.24) is 5.32 Å².